The summed E-state index contributed by atoms with van der Waals surface area (Å²) in [7, 11) is 0. The topological polar surface area (TPSA) is 143 Å². The fraction of sp³-hybridized carbons (Fsp3) is 0.0455. The number of aromatic carboxylic acids is 3. The van der Waals surface area contributed by atoms with Crippen LogP contribution in [-0.2, 0) is 0 Å². The van der Waals surface area contributed by atoms with Crippen molar-refractivity contribution in [3.63, 3.8) is 0 Å². The molecule has 0 aliphatic carbocycles. The summed E-state index contributed by atoms with van der Waals surface area (Å²) >= 11 is 0. The van der Waals surface area contributed by atoms with Gasteiger partial charge in [-0.2, -0.15) is 5.10 Å². The first-order chi connectivity index (χ1) is 14.7. The third kappa shape index (κ3) is 5.10. The van der Waals surface area contributed by atoms with Crippen molar-refractivity contribution in [3.05, 3.63) is 89.4 Å². The molecular formula is C22H17N3O6. The SMILES string of the molecule is Cc1cc(C(=O)O)cc(C(=O)O)c1.O=C(O)c1cnn(-c2ccc3ncccc3c2)c1. The Bertz CT molecular complexity index is 1260. The highest BCUT2D eigenvalue weighted by atomic mass is 16.4. The van der Waals surface area contributed by atoms with Crippen molar-refractivity contribution in [2.45, 2.75) is 6.92 Å². The van der Waals surface area contributed by atoms with Gasteiger partial charge in [0, 0.05) is 17.8 Å². The van der Waals surface area contributed by atoms with E-state index in [1.54, 1.807) is 13.1 Å². The Morgan fingerprint density at radius 2 is 1.48 bits per heavy atom. The number of carboxylic acid groups (broad SMARTS) is 3. The van der Waals surface area contributed by atoms with Crippen molar-refractivity contribution in [3.8, 4) is 5.69 Å². The van der Waals surface area contributed by atoms with Gasteiger partial charge in [0.1, 0.15) is 0 Å². The predicted octanol–water partition coefficient (Wildman–Crippen LogP) is 3.51. The number of hydrogen-bond acceptors (Lipinski definition) is 5. The minimum absolute atomic E-state index is 0.00241. The van der Waals surface area contributed by atoms with Crippen LogP contribution in [0.2, 0.25) is 0 Å². The molecule has 0 aliphatic rings. The Hall–Kier alpha value is -4.53. The van der Waals surface area contributed by atoms with Crippen LogP contribution in [0, 0.1) is 6.92 Å². The molecule has 9 heteroatoms. The van der Waals surface area contributed by atoms with E-state index in [2.05, 4.69) is 10.1 Å². The number of benzene rings is 2. The summed E-state index contributed by atoms with van der Waals surface area (Å²) in [6.07, 6.45) is 4.55. The molecule has 0 saturated carbocycles. The number of carboxylic acids is 3. The number of fused-ring (bicyclic) bond motifs is 1. The number of nitrogens with zero attached hydrogens (tertiary/aromatic N) is 3. The molecule has 0 radical (unpaired) electrons. The lowest BCUT2D eigenvalue weighted by molar-refractivity contribution is 0.0682. The van der Waals surface area contributed by atoms with E-state index in [0.717, 1.165) is 22.7 Å². The van der Waals surface area contributed by atoms with Gasteiger partial charge in [0.05, 0.1) is 34.1 Å². The first-order valence-electron chi connectivity index (χ1n) is 8.96. The molecule has 3 N–H and O–H groups in total. The summed E-state index contributed by atoms with van der Waals surface area (Å²) < 4.78 is 1.54. The summed E-state index contributed by atoms with van der Waals surface area (Å²) in [5, 5.41) is 31.1. The van der Waals surface area contributed by atoms with E-state index in [1.807, 2.05) is 30.3 Å². The maximum absolute atomic E-state index is 10.8. The lowest BCUT2D eigenvalue weighted by Crippen LogP contribution is -2.02. The van der Waals surface area contributed by atoms with E-state index in [0.29, 0.717) is 5.56 Å². The lowest BCUT2D eigenvalue weighted by Gasteiger charge is -2.02. The first-order valence-corrected chi connectivity index (χ1v) is 8.96. The number of aromatic nitrogens is 3. The smallest absolute Gasteiger partial charge is 0.338 e. The first kappa shape index (κ1) is 21.2. The van der Waals surface area contributed by atoms with E-state index in [1.165, 1.54) is 29.2 Å². The van der Waals surface area contributed by atoms with Gasteiger partial charge in [0.25, 0.3) is 0 Å². The van der Waals surface area contributed by atoms with E-state index >= 15 is 0 Å². The second kappa shape index (κ2) is 8.87. The van der Waals surface area contributed by atoms with E-state index in [9.17, 15) is 14.4 Å². The van der Waals surface area contributed by atoms with Gasteiger partial charge >= 0.3 is 17.9 Å². The quantitative estimate of drug-likeness (QED) is 0.456. The van der Waals surface area contributed by atoms with Gasteiger partial charge in [-0.3, -0.25) is 4.98 Å². The second-order valence-corrected chi connectivity index (χ2v) is 6.56. The number of pyridine rings is 1. The van der Waals surface area contributed by atoms with Crippen LogP contribution < -0.4 is 0 Å². The summed E-state index contributed by atoms with van der Waals surface area (Å²) in [5.41, 5.74) is 2.49. The molecule has 0 atom stereocenters. The van der Waals surface area contributed by atoms with Crippen LogP contribution in [0.3, 0.4) is 0 Å². The Morgan fingerprint density at radius 3 is 2.06 bits per heavy atom. The fourth-order valence-corrected chi connectivity index (χ4v) is 2.81. The zero-order chi connectivity index (χ0) is 22.5. The average Bonchev–Trinajstić information content (AvgIpc) is 3.24. The number of hydrogen-bond donors (Lipinski definition) is 3. The Kier molecular flexibility index (Phi) is 6.06. The molecule has 0 amide bonds. The molecule has 4 aromatic rings. The number of carbonyl (C=O) groups is 3. The maximum Gasteiger partial charge on any atom is 0.338 e. The summed E-state index contributed by atoms with van der Waals surface area (Å²) in [5.74, 6) is -3.22. The molecule has 2 heterocycles. The van der Waals surface area contributed by atoms with E-state index < -0.39 is 17.9 Å². The van der Waals surface area contributed by atoms with Gasteiger partial charge in [0.15, 0.2) is 0 Å². The highest BCUT2D eigenvalue weighted by molar-refractivity contribution is 5.94. The van der Waals surface area contributed by atoms with Gasteiger partial charge < -0.3 is 15.3 Å². The number of rotatable bonds is 4. The van der Waals surface area contributed by atoms with Gasteiger partial charge in [-0.25, -0.2) is 19.1 Å². The van der Waals surface area contributed by atoms with Crippen LogP contribution in [0.1, 0.15) is 36.6 Å². The number of aryl methyl sites for hydroxylation is 1. The lowest BCUT2D eigenvalue weighted by atomic mass is 10.1. The third-order valence-corrected chi connectivity index (χ3v) is 4.25. The molecular weight excluding hydrogens is 402 g/mol. The summed E-state index contributed by atoms with van der Waals surface area (Å²) in [6, 6.07) is 13.5. The van der Waals surface area contributed by atoms with Crippen molar-refractivity contribution in [2.24, 2.45) is 0 Å². The van der Waals surface area contributed by atoms with Gasteiger partial charge in [0.2, 0.25) is 0 Å². The molecule has 0 aliphatic heterocycles. The molecule has 31 heavy (non-hydrogen) atoms. The largest absolute Gasteiger partial charge is 0.478 e. The van der Waals surface area contributed by atoms with Crippen molar-refractivity contribution >= 4 is 28.8 Å². The van der Waals surface area contributed by atoms with E-state index in [4.69, 9.17) is 15.3 Å². The summed E-state index contributed by atoms with van der Waals surface area (Å²) in [4.78, 5) is 36.1. The molecule has 0 fully saturated rings. The Labute approximate surface area is 175 Å². The van der Waals surface area contributed by atoms with Crippen LogP contribution >= 0.6 is 0 Å². The molecule has 156 valence electrons. The van der Waals surface area contributed by atoms with Crippen LogP contribution in [0.25, 0.3) is 16.6 Å². The third-order valence-electron chi connectivity index (χ3n) is 4.25. The molecule has 0 saturated heterocycles. The standard InChI is InChI=1S/C13H9N3O2.C9H8O4/c17-13(18)10-7-15-16(8-10)11-3-4-12-9(6-11)2-1-5-14-12;1-5-2-6(8(10)11)4-7(3-5)9(12)13/h1-8H,(H,17,18);2-4H,1H3,(H,10,11)(H,12,13). The molecule has 0 bridgehead atoms. The van der Waals surface area contributed by atoms with Gasteiger partial charge in [-0.1, -0.05) is 6.07 Å². The van der Waals surface area contributed by atoms with Crippen molar-refractivity contribution in [2.75, 3.05) is 0 Å². The zero-order valence-corrected chi connectivity index (χ0v) is 16.3. The van der Waals surface area contributed by atoms with Crippen molar-refractivity contribution in [1.29, 1.82) is 0 Å². The molecule has 0 unspecified atom stereocenters. The summed E-state index contributed by atoms with van der Waals surface area (Å²) in [6.45, 7) is 1.65. The molecule has 4 rings (SSSR count). The average molecular weight is 419 g/mol. The van der Waals surface area contributed by atoms with Gasteiger partial charge in [-0.15, -0.1) is 0 Å². The maximum atomic E-state index is 10.8. The highest BCUT2D eigenvalue weighted by Gasteiger charge is 2.09. The molecule has 2 aromatic carbocycles. The van der Waals surface area contributed by atoms with Crippen LogP contribution in [0.15, 0.2) is 67.1 Å². The molecule has 2 aromatic heterocycles. The molecule has 9 nitrogen and oxygen atoms in total. The zero-order valence-electron chi connectivity index (χ0n) is 16.3. The van der Waals surface area contributed by atoms with Crippen LogP contribution in [0.5, 0.6) is 0 Å². The predicted molar refractivity (Wildman–Crippen MR) is 111 cm³/mol. The highest BCUT2D eigenvalue weighted by Crippen LogP contribution is 2.16. The van der Waals surface area contributed by atoms with Crippen molar-refractivity contribution in [1.82, 2.24) is 14.8 Å². The molecule has 0 spiro atoms. The van der Waals surface area contributed by atoms with E-state index in [-0.39, 0.29) is 16.7 Å². The minimum Gasteiger partial charge on any atom is -0.478 e. The monoisotopic (exact) mass is 419 g/mol. The fourth-order valence-electron chi connectivity index (χ4n) is 2.81. The van der Waals surface area contributed by atoms with Gasteiger partial charge in [-0.05, 0) is 55.0 Å². The van der Waals surface area contributed by atoms with Crippen LogP contribution in [0.4, 0.5) is 0 Å². The minimum atomic E-state index is -1.12. The second-order valence-electron chi connectivity index (χ2n) is 6.56. The van der Waals surface area contributed by atoms with Crippen molar-refractivity contribution < 1.29 is 29.7 Å². The Morgan fingerprint density at radius 1 is 0.839 bits per heavy atom. The Balaban J connectivity index is 0.000000187. The van der Waals surface area contributed by atoms with Crippen LogP contribution in [-0.4, -0.2) is 48.0 Å². The normalized spacial score (nSPS) is 10.2.